The molecular formula is C23H28N4O4S. The largest absolute Gasteiger partial charge is 0.350 e. The molecule has 2 aromatic rings. The standard InChI is InChI=1S/C23H28N4O4S/c1-5-15(2)20(25-21-18-8-6-7-9-19(18)32(30,31)26-21)22(28)24-14-16-10-12-17(13-11-16)23(29)27(3)4/h6-13,15,20H,5,14H2,1-4H3,(H,24,28)(H,25,26)/t15-,20-/m0/s1. The predicted octanol–water partition coefficient (Wildman–Crippen LogP) is 2.16. The number of hydrogen-bond donors (Lipinski definition) is 2. The fraction of sp³-hybridized carbons (Fsp3) is 0.348. The van der Waals surface area contributed by atoms with Gasteiger partial charge in [0.1, 0.15) is 11.9 Å². The molecule has 0 fully saturated rings. The number of fused-ring (bicyclic) bond motifs is 1. The summed E-state index contributed by atoms with van der Waals surface area (Å²) in [5.74, 6) is -0.288. The molecule has 2 aromatic carbocycles. The fourth-order valence-electron chi connectivity index (χ4n) is 3.35. The molecule has 0 aliphatic carbocycles. The van der Waals surface area contributed by atoms with E-state index >= 15 is 0 Å². The number of nitrogens with one attached hydrogen (secondary N) is 2. The number of aliphatic imine (C=N–C) groups is 1. The summed E-state index contributed by atoms with van der Waals surface area (Å²) < 4.78 is 27.2. The second-order valence-electron chi connectivity index (χ2n) is 8.02. The third-order valence-corrected chi connectivity index (χ3v) is 6.85. The van der Waals surface area contributed by atoms with Crippen LogP contribution in [0.15, 0.2) is 58.4 Å². The van der Waals surface area contributed by atoms with Crippen LogP contribution in [0.2, 0.25) is 0 Å². The summed E-state index contributed by atoms with van der Waals surface area (Å²) in [7, 11) is -0.294. The minimum atomic E-state index is -3.67. The van der Waals surface area contributed by atoms with Gasteiger partial charge in [-0.25, -0.2) is 8.42 Å². The first kappa shape index (κ1) is 23.5. The van der Waals surface area contributed by atoms with E-state index in [0.29, 0.717) is 17.5 Å². The van der Waals surface area contributed by atoms with E-state index in [2.05, 4.69) is 15.0 Å². The molecular weight excluding hydrogens is 428 g/mol. The number of carbonyl (C=O) groups is 2. The van der Waals surface area contributed by atoms with Crippen LogP contribution in [0, 0.1) is 5.92 Å². The Kier molecular flexibility index (Phi) is 6.98. The maximum atomic E-state index is 13.0. The lowest BCUT2D eigenvalue weighted by atomic mass is 9.98. The van der Waals surface area contributed by atoms with Gasteiger partial charge < -0.3 is 10.2 Å². The van der Waals surface area contributed by atoms with E-state index in [4.69, 9.17) is 0 Å². The predicted molar refractivity (Wildman–Crippen MR) is 123 cm³/mol. The zero-order valence-electron chi connectivity index (χ0n) is 18.6. The summed E-state index contributed by atoms with van der Waals surface area (Å²) in [6, 6.07) is 12.9. The zero-order chi connectivity index (χ0) is 23.5. The Morgan fingerprint density at radius 3 is 2.38 bits per heavy atom. The van der Waals surface area contributed by atoms with E-state index in [0.717, 1.165) is 5.56 Å². The Balaban J connectivity index is 1.77. The van der Waals surface area contributed by atoms with Gasteiger partial charge in [-0.15, -0.1) is 0 Å². The Morgan fingerprint density at radius 2 is 1.75 bits per heavy atom. The van der Waals surface area contributed by atoms with Crippen molar-refractivity contribution < 1.29 is 18.0 Å². The van der Waals surface area contributed by atoms with E-state index in [1.54, 1.807) is 56.6 Å². The number of hydrogen-bond acceptors (Lipinski definition) is 5. The first-order chi connectivity index (χ1) is 15.1. The van der Waals surface area contributed by atoms with Crippen LogP contribution in [-0.2, 0) is 21.4 Å². The maximum absolute atomic E-state index is 13.0. The van der Waals surface area contributed by atoms with Crippen LogP contribution in [0.5, 0.6) is 0 Å². The lowest BCUT2D eigenvalue weighted by molar-refractivity contribution is -0.123. The molecule has 1 aliphatic rings. The fourth-order valence-corrected chi connectivity index (χ4v) is 4.59. The lowest BCUT2D eigenvalue weighted by Crippen LogP contribution is -2.38. The molecule has 9 heteroatoms. The summed E-state index contributed by atoms with van der Waals surface area (Å²) in [5.41, 5.74) is 1.88. The first-order valence-electron chi connectivity index (χ1n) is 10.4. The normalized spacial score (nSPS) is 17.2. The second-order valence-corrected chi connectivity index (χ2v) is 9.67. The molecule has 0 unspecified atom stereocenters. The van der Waals surface area contributed by atoms with Gasteiger partial charge in [-0.05, 0) is 35.7 Å². The highest BCUT2D eigenvalue weighted by atomic mass is 32.2. The second kappa shape index (κ2) is 9.52. The zero-order valence-corrected chi connectivity index (χ0v) is 19.4. The number of nitrogens with zero attached hydrogens (tertiary/aromatic N) is 2. The lowest BCUT2D eigenvalue weighted by Gasteiger charge is -2.19. The van der Waals surface area contributed by atoms with Gasteiger partial charge >= 0.3 is 0 Å². The van der Waals surface area contributed by atoms with Gasteiger partial charge in [0.05, 0.1) is 4.90 Å². The van der Waals surface area contributed by atoms with Crippen molar-refractivity contribution in [3.63, 3.8) is 0 Å². The summed E-state index contributed by atoms with van der Waals surface area (Å²) in [4.78, 5) is 31.2. The highest BCUT2D eigenvalue weighted by Crippen LogP contribution is 2.24. The number of rotatable bonds is 7. The van der Waals surface area contributed by atoms with Crippen molar-refractivity contribution in [3.8, 4) is 0 Å². The molecule has 3 rings (SSSR count). The van der Waals surface area contributed by atoms with Crippen molar-refractivity contribution in [2.45, 2.75) is 37.8 Å². The van der Waals surface area contributed by atoms with Gasteiger partial charge in [-0.3, -0.25) is 19.3 Å². The van der Waals surface area contributed by atoms with Crippen LogP contribution in [0.4, 0.5) is 0 Å². The molecule has 2 atom stereocenters. The van der Waals surface area contributed by atoms with Crippen molar-refractivity contribution in [1.29, 1.82) is 0 Å². The molecule has 0 saturated heterocycles. The van der Waals surface area contributed by atoms with E-state index in [1.165, 1.54) is 11.0 Å². The monoisotopic (exact) mass is 456 g/mol. The molecule has 1 heterocycles. The first-order valence-corrected chi connectivity index (χ1v) is 11.9. The maximum Gasteiger partial charge on any atom is 0.263 e. The summed E-state index contributed by atoms with van der Waals surface area (Å²) in [6.07, 6.45) is 0.699. The molecule has 8 nitrogen and oxygen atoms in total. The number of amides is 2. The highest BCUT2D eigenvalue weighted by Gasteiger charge is 2.33. The van der Waals surface area contributed by atoms with E-state index in [-0.39, 0.29) is 35.0 Å². The van der Waals surface area contributed by atoms with Crippen molar-refractivity contribution in [2.24, 2.45) is 10.9 Å². The summed E-state index contributed by atoms with van der Waals surface area (Å²) >= 11 is 0. The molecule has 0 bridgehead atoms. The van der Waals surface area contributed by atoms with E-state index < -0.39 is 16.1 Å². The van der Waals surface area contributed by atoms with Gasteiger partial charge in [-0.1, -0.05) is 44.5 Å². The van der Waals surface area contributed by atoms with Gasteiger partial charge in [0.25, 0.3) is 15.9 Å². The average molecular weight is 457 g/mol. The molecule has 2 amide bonds. The molecule has 0 spiro atoms. The summed E-state index contributed by atoms with van der Waals surface area (Å²) in [6.45, 7) is 4.14. The van der Waals surface area contributed by atoms with Crippen LogP contribution in [0.3, 0.4) is 0 Å². The van der Waals surface area contributed by atoms with Crippen LogP contribution >= 0.6 is 0 Å². The Hall–Kier alpha value is -3.20. The van der Waals surface area contributed by atoms with Gasteiger partial charge in [0.15, 0.2) is 0 Å². The molecule has 170 valence electrons. The van der Waals surface area contributed by atoms with Crippen molar-refractivity contribution >= 4 is 27.7 Å². The molecule has 0 saturated carbocycles. The average Bonchev–Trinajstić information content (AvgIpc) is 3.05. The Bertz CT molecular complexity index is 1140. The minimum Gasteiger partial charge on any atom is -0.350 e. The quantitative estimate of drug-likeness (QED) is 0.666. The minimum absolute atomic E-state index is 0.0902. The van der Waals surface area contributed by atoms with Crippen LogP contribution < -0.4 is 10.0 Å². The molecule has 1 aliphatic heterocycles. The molecule has 0 radical (unpaired) electrons. The number of benzene rings is 2. The third-order valence-electron chi connectivity index (χ3n) is 5.46. The smallest absolute Gasteiger partial charge is 0.263 e. The Labute approximate surface area is 188 Å². The van der Waals surface area contributed by atoms with Crippen molar-refractivity contribution in [1.82, 2.24) is 14.9 Å². The van der Waals surface area contributed by atoms with Gasteiger partial charge in [0.2, 0.25) is 5.91 Å². The topological polar surface area (TPSA) is 108 Å². The Morgan fingerprint density at radius 1 is 1.09 bits per heavy atom. The van der Waals surface area contributed by atoms with Crippen LogP contribution in [0.25, 0.3) is 0 Å². The van der Waals surface area contributed by atoms with E-state index in [9.17, 15) is 18.0 Å². The van der Waals surface area contributed by atoms with Gasteiger partial charge in [0, 0.05) is 31.8 Å². The van der Waals surface area contributed by atoms with E-state index in [1.807, 2.05) is 13.8 Å². The molecule has 2 N–H and O–H groups in total. The molecule has 32 heavy (non-hydrogen) atoms. The number of carbonyl (C=O) groups excluding carboxylic acids is 2. The van der Waals surface area contributed by atoms with Gasteiger partial charge in [-0.2, -0.15) is 0 Å². The SMILES string of the molecule is CC[C@H](C)[C@H](N=C1NS(=O)(=O)c2ccccc21)C(=O)NCc1ccc(C(=O)N(C)C)cc1. The summed E-state index contributed by atoms with van der Waals surface area (Å²) in [5, 5.41) is 2.89. The highest BCUT2D eigenvalue weighted by molar-refractivity contribution is 7.90. The number of amidine groups is 1. The third kappa shape index (κ3) is 4.99. The van der Waals surface area contributed by atoms with Crippen molar-refractivity contribution in [2.75, 3.05) is 14.1 Å². The van der Waals surface area contributed by atoms with Crippen LogP contribution in [-0.4, -0.2) is 51.1 Å². The number of sulfonamides is 1. The molecule has 0 aromatic heterocycles. The van der Waals surface area contributed by atoms with Crippen LogP contribution in [0.1, 0.15) is 41.8 Å². The van der Waals surface area contributed by atoms with Crippen molar-refractivity contribution in [3.05, 3.63) is 65.2 Å².